The second kappa shape index (κ2) is 7.73. The van der Waals surface area contributed by atoms with Gasteiger partial charge >= 0.3 is 0 Å². The number of rotatable bonds is 3. The normalized spacial score (nSPS) is 19.3. The highest BCUT2D eigenvalue weighted by Gasteiger charge is 2.43. The highest BCUT2D eigenvalue weighted by Crippen LogP contribution is 2.47. The zero-order valence-electron chi connectivity index (χ0n) is 14.4. The Balaban J connectivity index is 0.00000192. The molecular weight excluding hydrogens is 401 g/mol. The number of hydrogen-bond donors (Lipinski definition) is 1. The van der Waals surface area contributed by atoms with Crippen LogP contribution in [0.4, 0.5) is 0 Å². The molecule has 5 heteroatoms. The van der Waals surface area contributed by atoms with Crippen molar-refractivity contribution in [3.8, 4) is 5.75 Å². The second-order valence-electron chi connectivity index (χ2n) is 6.78. The van der Waals surface area contributed by atoms with Gasteiger partial charge in [-0.05, 0) is 54.9 Å². The van der Waals surface area contributed by atoms with Gasteiger partial charge in [-0.2, -0.15) is 0 Å². The number of methoxy groups -OCH3 is 1. The molecule has 2 fully saturated rings. The fourth-order valence-electron chi connectivity index (χ4n) is 3.76. The van der Waals surface area contributed by atoms with Crippen LogP contribution in [0.25, 0.3) is 0 Å². The number of guanidine groups is 1. The van der Waals surface area contributed by atoms with E-state index in [1.807, 2.05) is 7.05 Å². The van der Waals surface area contributed by atoms with E-state index in [0.29, 0.717) is 5.41 Å². The first kappa shape index (κ1) is 18.4. The fraction of sp³-hybridized carbons (Fsp3) is 0.611. The van der Waals surface area contributed by atoms with Crippen molar-refractivity contribution in [3.63, 3.8) is 0 Å². The number of likely N-dealkylation sites (tertiary alicyclic amines) is 1. The molecule has 0 radical (unpaired) electrons. The van der Waals surface area contributed by atoms with Crippen molar-refractivity contribution in [1.82, 2.24) is 10.2 Å². The molecule has 1 saturated heterocycles. The Labute approximate surface area is 156 Å². The molecule has 0 atom stereocenters. The van der Waals surface area contributed by atoms with E-state index in [-0.39, 0.29) is 24.0 Å². The summed E-state index contributed by atoms with van der Waals surface area (Å²) >= 11 is 0. The van der Waals surface area contributed by atoms with E-state index in [2.05, 4.69) is 40.3 Å². The predicted octanol–water partition coefficient (Wildman–Crippen LogP) is 3.57. The minimum absolute atomic E-state index is 0. The highest BCUT2D eigenvalue weighted by molar-refractivity contribution is 14.0. The Kier molecular flexibility index (Phi) is 6.17. The topological polar surface area (TPSA) is 36.9 Å². The number of ether oxygens (including phenoxy) is 1. The third-order valence-corrected chi connectivity index (χ3v) is 5.16. The Morgan fingerprint density at radius 3 is 2.65 bits per heavy atom. The number of halogens is 1. The average molecular weight is 429 g/mol. The lowest BCUT2D eigenvalue weighted by Gasteiger charge is -2.38. The van der Waals surface area contributed by atoms with E-state index < -0.39 is 0 Å². The van der Waals surface area contributed by atoms with Crippen LogP contribution in [-0.2, 0) is 6.54 Å². The first-order valence-corrected chi connectivity index (χ1v) is 8.24. The molecule has 0 aromatic heterocycles. The summed E-state index contributed by atoms with van der Waals surface area (Å²) in [6.45, 7) is 5.19. The monoisotopic (exact) mass is 429 g/mol. The summed E-state index contributed by atoms with van der Waals surface area (Å²) in [4.78, 5) is 6.90. The lowest BCUT2D eigenvalue weighted by molar-refractivity contribution is 0.151. The van der Waals surface area contributed by atoms with Gasteiger partial charge in [0.05, 0.1) is 7.11 Å². The standard InChI is InChI=1S/C18H27N3O.HI/c1-14-9-15(11-16(10-14)22-3)12-20-17(19-2)21-8-7-18(13-21)5-4-6-18;/h9-11H,4-8,12-13H2,1-3H3,(H,19,20);1H. The molecule has 0 bridgehead atoms. The zero-order valence-corrected chi connectivity index (χ0v) is 16.7. The SMILES string of the molecule is CN=C(NCc1cc(C)cc(OC)c1)N1CCC2(CCC2)C1.I. The van der Waals surface area contributed by atoms with Crippen molar-refractivity contribution in [2.24, 2.45) is 10.4 Å². The predicted molar refractivity (Wildman–Crippen MR) is 106 cm³/mol. The van der Waals surface area contributed by atoms with E-state index >= 15 is 0 Å². The van der Waals surface area contributed by atoms with Crippen LogP contribution in [0, 0.1) is 12.3 Å². The van der Waals surface area contributed by atoms with Gasteiger partial charge < -0.3 is 15.0 Å². The van der Waals surface area contributed by atoms with Gasteiger partial charge in [0.25, 0.3) is 0 Å². The molecule has 0 amide bonds. The van der Waals surface area contributed by atoms with E-state index in [4.69, 9.17) is 4.74 Å². The van der Waals surface area contributed by atoms with Crippen molar-refractivity contribution >= 4 is 29.9 Å². The van der Waals surface area contributed by atoms with Crippen LogP contribution in [-0.4, -0.2) is 38.1 Å². The molecule has 1 N–H and O–H groups in total. The zero-order chi connectivity index (χ0) is 15.6. The summed E-state index contributed by atoms with van der Waals surface area (Å²) in [5, 5.41) is 3.51. The molecule has 1 aliphatic carbocycles. The van der Waals surface area contributed by atoms with Gasteiger partial charge in [-0.3, -0.25) is 4.99 Å². The summed E-state index contributed by atoms with van der Waals surface area (Å²) in [5.74, 6) is 1.95. The molecule has 1 aliphatic heterocycles. The van der Waals surface area contributed by atoms with Gasteiger partial charge in [0.2, 0.25) is 0 Å². The molecule has 1 aromatic carbocycles. The van der Waals surface area contributed by atoms with Crippen LogP contribution in [0.15, 0.2) is 23.2 Å². The molecule has 4 nitrogen and oxygen atoms in total. The van der Waals surface area contributed by atoms with Crippen LogP contribution in [0.2, 0.25) is 0 Å². The van der Waals surface area contributed by atoms with Crippen LogP contribution in [0.1, 0.15) is 36.8 Å². The molecule has 1 saturated carbocycles. The number of nitrogens with one attached hydrogen (secondary N) is 1. The molecule has 23 heavy (non-hydrogen) atoms. The minimum atomic E-state index is 0. The average Bonchev–Trinajstić information content (AvgIpc) is 2.93. The van der Waals surface area contributed by atoms with E-state index in [1.165, 1.54) is 43.4 Å². The van der Waals surface area contributed by atoms with E-state index in [1.54, 1.807) is 7.11 Å². The molecule has 1 aromatic rings. The summed E-state index contributed by atoms with van der Waals surface area (Å²) in [5.41, 5.74) is 3.06. The molecular formula is C18H28IN3O. The first-order valence-electron chi connectivity index (χ1n) is 8.24. The number of benzene rings is 1. The Morgan fingerprint density at radius 2 is 2.09 bits per heavy atom. The summed E-state index contributed by atoms with van der Waals surface area (Å²) < 4.78 is 5.35. The lowest BCUT2D eigenvalue weighted by atomic mass is 9.68. The van der Waals surface area contributed by atoms with Crippen molar-refractivity contribution < 1.29 is 4.74 Å². The van der Waals surface area contributed by atoms with Gasteiger partial charge in [0.1, 0.15) is 5.75 Å². The van der Waals surface area contributed by atoms with Crippen LogP contribution in [0.5, 0.6) is 5.75 Å². The maximum Gasteiger partial charge on any atom is 0.193 e. The summed E-state index contributed by atoms with van der Waals surface area (Å²) in [7, 11) is 3.60. The third-order valence-electron chi connectivity index (χ3n) is 5.16. The van der Waals surface area contributed by atoms with Gasteiger partial charge in [-0.25, -0.2) is 0 Å². The van der Waals surface area contributed by atoms with Gasteiger partial charge in [0, 0.05) is 26.7 Å². The van der Waals surface area contributed by atoms with Crippen LogP contribution >= 0.6 is 24.0 Å². The van der Waals surface area contributed by atoms with E-state index in [0.717, 1.165) is 24.8 Å². The lowest BCUT2D eigenvalue weighted by Crippen LogP contribution is -2.42. The van der Waals surface area contributed by atoms with Crippen molar-refractivity contribution in [1.29, 1.82) is 0 Å². The van der Waals surface area contributed by atoms with Crippen molar-refractivity contribution in [2.45, 2.75) is 39.2 Å². The Morgan fingerprint density at radius 1 is 1.30 bits per heavy atom. The molecule has 1 heterocycles. The smallest absolute Gasteiger partial charge is 0.193 e. The maximum absolute atomic E-state index is 5.35. The quantitative estimate of drug-likeness (QED) is 0.454. The Hall–Kier alpha value is -0.980. The Bertz CT molecular complexity index is 569. The van der Waals surface area contributed by atoms with E-state index in [9.17, 15) is 0 Å². The number of nitrogens with zero attached hydrogens (tertiary/aromatic N) is 2. The number of aryl methyl sites for hydroxylation is 1. The van der Waals surface area contributed by atoms with Crippen molar-refractivity contribution in [2.75, 3.05) is 27.2 Å². The number of aliphatic imine (C=N–C) groups is 1. The van der Waals surface area contributed by atoms with Gasteiger partial charge in [0.15, 0.2) is 5.96 Å². The van der Waals surface area contributed by atoms with Crippen LogP contribution in [0.3, 0.4) is 0 Å². The summed E-state index contributed by atoms with van der Waals surface area (Å²) in [6, 6.07) is 6.34. The third kappa shape index (κ3) is 4.11. The van der Waals surface area contributed by atoms with Crippen molar-refractivity contribution in [3.05, 3.63) is 29.3 Å². The van der Waals surface area contributed by atoms with Gasteiger partial charge in [-0.15, -0.1) is 24.0 Å². The molecule has 0 unspecified atom stereocenters. The summed E-state index contributed by atoms with van der Waals surface area (Å²) in [6.07, 6.45) is 5.53. The fourth-order valence-corrected chi connectivity index (χ4v) is 3.76. The molecule has 2 aliphatic rings. The highest BCUT2D eigenvalue weighted by atomic mass is 127. The minimum Gasteiger partial charge on any atom is -0.497 e. The van der Waals surface area contributed by atoms with Crippen LogP contribution < -0.4 is 10.1 Å². The number of hydrogen-bond acceptors (Lipinski definition) is 2. The first-order chi connectivity index (χ1) is 10.6. The maximum atomic E-state index is 5.35. The second-order valence-corrected chi connectivity index (χ2v) is 6.78. The largest absolute Gasteiger partial charge is 0.497 e. The molecule has 3 rings (SSSR count). The molecule has 1 spiro atoms. The molecule has 128 valence electrons. The van der Waals surface area contributed by atoms with Gasteiger partial charge in [-0.1, -0.05) is 12.5 Å².